The topological polar surface area (TPSA) is 69.0 Å². The van der Waals surface area contributed by atoms with Crippen molar-refractivity contribution >= 4 is 11.7 Å². The van der Waals surface area contributed by atoms with Crippen molar-refractivity contribution in [2.45, 2.75) is 33.3 Å². The lowest BCUT2D eigenvalue weighted by Gasteiger charge is -2.12. The van der Waals surface area contributed by atoms with Crippen molar-refractivity contribution in [2.75, 3.05) is 5.32 Å². The number of ether oxygens (including phenoxy) is 1. The molecule has 0 aliphatic carbocycles. The van der Waals surface area contributed by atoms with Crippen LogP contribution in [0.1, 0.15) is 36.3 Å². The minimum atomic E-state index is -0.214. The molecule has 6 nitrogen and oxygen atoms in total. The molecule has 112 valence electrons. The molecule has 0 aliphatic heterocycles. The smallest absolute Gasteiger partial charge is 0.257 e. The van der Waals surface area contributed by atoms with Crippen LogP contribution in [0.2, 0.25) is 0 Å². The SMILES string of the molecule is CC[C@@H](C)Oc1cc(C(=O)Nc2cc(C)nn2C)ccn1. The molecular weight excluding hydrogens is 268 g/mol. The Hall–Kier alpha value is -2.37. The monoisotopic (exact) mass is 288 g/mol. The van der Waals surface area contributed by atoms with Crippen molar-refractivity contribution in [3.63, 3.8) is 0 Å². The first kappa shape index (κ1) is 15.0. The standard InChI is InChI=1S/C15H20N4O2/c1-5-11(3)21-14-9-12(6-7-16-14)15(20)17-13-8-10(2)18-19(13)4/h6-9,11H,5H2,1-4H3,(H,17,20)/t11-/m1/s1. The second-order valence-corrected chi connectivity index (χ2v) is 4.97. The van der Waals surface area contributed by atoms with Gasteiger partial charge in [-0.2, -0.15) is 5.10 Å². The van der Waals surface area contributed by atoms with Gasteiger partial charge in [0, 0.05) is 30.9 Å². The summed E-state index contributed by atoms with van der Waals surface area (Å²) >= 11 is 0. The fraction of sp³-hybridized carbons (Fsp3) is 0.400. The van der Waals surface area contributed by atoms with E-state index in [0.717, 1.165) is 12.1 Å². The maximum Gasteiger partial charge on any atom is 0.257 e. The van der Waals surface area contributed by atoms with Crippen molar-refractivity contribution in [3.8, 4) is 5.88 Å². The lowest BCUT2D eigenvalue weighted by atomic mass is 10.2. The molecule has 1 atom stereocenters. The van der Waals surface area contributed by atoms with Gasteiger partial charge in [0.2, 0.25) is 5.88 Å². The second-order valence-electron chi connectivity index (χ2n) is 4.97. The summed E-state index contributed by atoms with van der Waals surface area (Å²) in [5.74, 6) is 0.895. The summed E-state index contributed by atoms with van der Waals surface area (Å²) in [6.45, 7) is 5.87. The normalized spacial score (nSPS) is 12.0. The van der Waals surface area contributed by atoms with Crippen LogP contribution in [0, 0.1) is 6.92 Å². The molecule has 2 heterocycles. The maximum absolute atomic E-state index is 12.2. The highest BCUT2D eigenvalue weighted by atomic mass is 16.5. The van der Waals surface area contributed by atoms with Gasteiger partial charge in [0.1, 0.15) is 5.82 Å². The third-order valence-electron chi connectivity index (χ3n) is 3.14. The van der Waals surface area contributed by atoms with E-state index in [9.17, 15) is 4.79 Å². The number of anilines is 1. The molecule has 2 aromatic rings. The van der Waals surface area contributed by atoms with Gasteiger partial charge in [0.05, 0.1) is 11.8 Å². The number of pyridine rings is 1. The third kappa shape index (κ3) is 3.81. The highest BCUT2D eigenvalue weighted by molar-refractivity contribution is 6.03. The average molecular weight is 288 g/mol. The van der Waals surface area contributed by atoms with E-state index in [-0.39, 0.29) is 12.0 Å². The average Bonchev–Trinajstić information content (AvgIpc) is 2.77. The molecule has 0 bridgehead atoms. The summed E-state index contributed by atoms with van der Waals surface area (Å²) in [6.07, 6.45) is 2.52. The van der Waals surface area contributed by atoms with Gasteiger partial charge in [-0.25, -0.2) is 4.98 Å². The van der Waals surface area contributed by atoms with Gasteiger partial charge in [-0.15, -0.1) is 0 Å². The van der Waals surface area contributed by atoms with Crippen LogP contribution < -0.4 is 10.1 Å². The number of aromatic nitrogens is 3. The Labute approximate surface area is 124 Å². The first-order valence-corrected chi connectivity index (χ1v) is 6.94. The lowest BCUT2D eigenvalue weighted by molar-refractivity contribution is 0.102. The number of amides is 1. The molecule has 0 spiro atoms. The molecule has 0 saturated heterocycles. The number of carbonyl (C=O) groups excluding carboxylic acids is 1. The molecule has 2 rings (SSSR count). The highest BCUT2D eigenvalue weighted by Gasteiger charge is 2.11. The zero-order valence-electron chi connectivity index (χ0n) is 12.8. The fourth-order valence-electron chi connectivity index (χ4n) is 1.82. The predicted octanol–water partition coefficient (Wildman–Crippen LogP) is 2.55. The van der Waals surface area contributed by atoms with Crippen molar-refractivity contribution in [3.05, 3.63) is 35.7 Å². The van der Waals surface area contributed by atoms with Gasteiger partial charge < -0.3 is 10.1 Å². The zero-order chi connectivity index (χ0) is 15.4. The summed E-state index contributed by atoms with van der Waals surface area (Å²) in [5.41, 5.74) is 1.35. The molecule has 0 saturated carbocycles. The number of nitrogens with zero attached hydrogens (tertiary/aromatic N) is 3. The Balaban J connectivity index is 2.12. The summed E-state index contributed by atoms with van der Waals surface area (Å²) in [5, 5.41) is 7.01. The van der Waals surface area contributed by atoms with Crippen LogP contribution in [0.3, 0.4) is 0 Å². The van der Waals surface area contributed by atoms with Gasteiger partial charge in [0.15, 0.2) is 0 Å². The third-order valence-corrected chi connectivity index (χ3v) is 3.14. The summed E-state index contributed by atoms with van der Waals surface area (Å²) < 4.78 is 7.25. The second kappa shape index (κ2) is 6.39. The molecule has 0 fully saturated rings. The number of hydrogen-bond acceptors (Lipinski definition) is 4. The minimum absolute atomic E-state index is 0.0653. The molecule has 1 N–H and O–H groups in total. The van der Waals surface area contributed by atoms with E-state index in [0.29, 0.717) is 17.3 Å². The van der Waals surface area contributed by atoms with Gasteiger partial charge in [-0.3, -0.25) is 9.48 Å². The largest absolute Gasteiger partial charge is 0.475 e. The molecule has 0 unspecified atom stereocenters. The van der Waals surface area contributed by atoms with Gasteiger partial charge in [-0.05, 0) is 26.3 Å². The van der Waals surface area contributed by atoms with E-state index >= 15 is 0 Å². The Bertz CT molecular complexity index is 636. The fourth-order valence-corrected chi connectivity index (χ4v) is 1.82. The molecule has 6 heteroatoms. The molecule has 1 amide bonds. The highest BCUT2D eigenvalue weighted by Crippen LogP contribution is 2.15. The van der Waals surface area contributed by atoms with Crippen LogP contribution >= 0.6 is 0 Å². The lowest BCUT2D eigenvalue weighted by Crippen LogP contribution is -2.16. The van der Waals surface area contributed by atoms with Gasteiger partial charge >= 0.3 is 0 Å². The summed E-state index contributed by atoms with van der Waals surface area (Å²) in [7, 11) is 1.78. The number of nitrogens with one attached hydrogen (secondary N) is 1. The molecular formula is C15H20N4O2. The van der Waals surface area contributed by atoms with E-state index in [1.165, 1.54) is 0 Å². The van der Waals surface area contributed by atoms with Crippen LogP contribution in [0.4, 0.5) is 5.82 Å². The number of aryl methyl sites for hydroxylation is 2. The predicted molar refractivity (Wildman–Crippen MR) is 80.5 cm³/mol. The Morgan fingerprint density at radius 1 is 1.48 bits per heavy atom. The van der Waals surface area contributed by atoms with E-state index < -0.39 is 0 Å². The number of carbonyl (C=O) groups is 1. The minimum Gasteiger partial charge on any atom is -0.475 e. The van der Waals surface area contributed by atoms with E-state index in [1.807, 2.05) is 26.8 Å². The molecule has 21 heavy (non-hydrogen) atoms. The quantitative estimate of drug-likeness (QED) is 0.918. The van der Waals surface area contributed by atoms with Crippen molar-refractivity contribution in [1.29, 1.82) is 0 Å². The molecule has 0 aliphatic rings. The van der Waals surface area contributed by atoms with Crippen molar-refractivity contribution in [1.82, 2.24) is 14.8 Å². The Morgan fingerprint density at radius 3 is 2.86 bits per heavy atom. The van der Waals surface area contributed by atoms with E-state index in [2.05, 4.69) is 15.4 Å². The van der Waals surface area contributed by atoms with Crippen LogP contribution in [-0.2, 0) is 7.05 Å². The molecule has 2 aromatic heterocycles. The van der Waals surface area contributed by atoms with Crippen LogP contribution in [-0.4, -0.2) is 26.8 Å². The van der Waals surface area contributed by atoms with E-state index in [4.69, 9.17) is 4.74 Å². The first-order chi connectivity index (χ1) is 9.99. The first-order valence-electron chi connectivity index (χ1n) is 6.94. The van der Waals surface area contributed by atoms with Crippen molar-refractivity contribution in [2.24, 2.45) is 7.05 Å². The number of rotatable bonds is 5. The van der Waals surface area contributed by atoms with Crippen molar-refractivity contribution < 1.29 is 9.53 Å². The Morgan fingerprint density at radius 2 is 2.24 bits per heavy atom. The van der Waals surface area contributed by atoms with E-state index in [1.54, 1.807) is 30.1 Å². The van der Waals surface area contributed by atoms with Gasteiger partial charge in [-0.1, -0.05) is 6.92 Å². The summed E-state index contributed by atoms with van der Waals surface area (Å²) in [4.78, 5) is 16.4. The van der Waals surface area contributed by atoms with Gasteiger partial charge in [0.25, 0.3) is 5.91 Å². The zero-order valence-corrected chi connectivity index (χ0v) is 12.8. The molecule has 0 aromatic carbocycles. The molecule has 0 radical (unpaired) electrons. The Kier molecular flexibility index (Phi) is 4.57. The number of hydrogen-bond donors (Lipinski definition) is 1. The van der Waals surface area contributed by atoms with Crippen LogP contribution in [0.5, 0.6) is 5.88 Å². The van der Waals surface area contributed by atoms with Crippen LogP contribution in [0.25, 0.3) is 0 Å². The summed E-state index contributed by atoms with van der Waals surface area (Å²) in [6, 6.07) is 5.11. The maximum atomic E-state index is 12.2. The van der Waals surface area contributed by atoms with Crippen LogP contribution in [0.15, 0.2) is 24.4 Å².